The molecule has 1 aromatic heterocycles. The van der Waals surface area contributed by atoms with Crippen LogP contribution in [0.5, 0.6) is 0 Å². The Bertz CT molecular complexity index is 954. The molecule has 0 aliphatic carbocycles. The second-order valence-electron chi connectivity index (χ2n) is 7.77. The van der Waals surface area contributed by atoms with Crippen LogP contribution in [0.1, 0.15) is 47.5 Å². The van der Waals surface area contributed by atoms with Gasteiger partial charge in [-0.2, -0.15) is 0 Å². The minimum Gasteiger partial charge on any atom is -0.351 e. The van der Waals surface area contributed by atoms with E-state index in [0.29, 0.717) is 5.92 Å². The van der Waals surface area contributed by atoms with E-state index in [-0.39, 0.29) is 6.04 Å². The van der Waals surface area contributed by atoms with Gasteiger partial charge in [0.25, 0.3) is 5.91 Å². The first-order valence-corrected chi connectivity index (χ1v) is 10.9. The fourth-order valence-electron chi connectivity index (χ4n) is 3.57. The Kier molecular flexibility index (Phi) is 7.38. The molecule has 1 heterocycles. The van der Waals surface area contributed by atoms with Crippen molar-refractivity contribution >= 4 is 23.3 Å². The van der Waals surface area contributed by atoms with Gasteiger partial charge in [0.15, 0.2) is 6.04 Å². The maximum atomic E-state index is 12.8. The summed E-state index contributed by atoms with van der Waals surface area (Å²) in [6.07, 6.45) is 1.03. The van der Waals surface area contributed by atoms with Crippen molar-refractivity contribution in [3.63, 3.8) is 0 Å². The minimum atomic E-state index is -0.847. The molecule has 0 unspecified atom stereocenters. The van der Waals surface area contributed by atoms with Gasteiger partial charge in [0, 0.05) is 11.1 Å². The first-order chi connectivity index (χ1) is 14.4. The van der Waals surface area contributed by atoms with Gasteiger partial charge in [-0.25, -0.2) is 4.79 Å². The number of nitrogens with two attached hydrogens (primary N) is 2. The molecular weight excluding hydrogens is 394 g/mol. The summed E-state index contributed by atoms with van der Waals surface area (Å²) in [5, 5.41) is 6.28. The van der Waals surface area contributed by atoms with Crippen LogP contribution < -0.4 is 16.4 Å². The molecule has 5 nitrogen and oxygen atoms in total. The topological polar surface area (TPSA) is 88.8 Å². The van der Waals surface area contributed by atoms with Crippen molar-refractivity contribution in [2.75, 3.05) is 0 Å². The number of nitrogens with one attached hydrogen (secondary N) is 1. The predicted molar refractivity (Wildman–Crippen MR) is 120 cm³/mol. The number of hydrogen-bond acceptors (Lipinski definition) is 3. The third kappa shape index (κ3) is 5.78. The number of amides is 3. The van der Waals surface area contributed by atoms with Crippen LogP contribution in [-0.2, 0) is 11.2 Å². The summed E-state index contributed by atoms with van der Waals surface area (Å²) in [7, 11) is 0. The smallest absolute Gasteiger partial charge is 0.319 e. The molecule has 0 spiro atoms. The summed E-state index contributed by atoms with van der Waals surface area (Å²) in [4.78, 5) is 25.3. The van der Waals surface area contributed by atoms with Crippen LogP contribution in [0.25, 0.3) is 0 Å². The van der Waals surface area contributed by atoms with Crippen LogP contribution >= 0.6 is 11.3 Å². The van der Waals surface area contributed by atoms with Crippen LogP contribution in [0.3, 0.4) is 0 Å². The largest absolute Gasteiger partial charge is 0.351 e. The maximum absolute atomic E-state index is 12.8. The monoisotopic (exact) mass is 422 g/mol. The quantitative estimate of drug-likeness (QED) is 0.518. The molecule has 0 fully saturated rings. The molecule has 0 radical (unpaired) electrons. The van der Waals surface area contributed by atoms with Crippen molar-refractivity contribution in [3.8, 4) is 0 Å². The molecule has 2 aromatic carbocycles. The van der Waals surface area contributed by atoms with E-state index in [1.165, 1.54) is 5.56 Å². The average Bonchev–Trinajstić information content (AvgIpc) is 3.24. The number of urea groups is 1. The van der Waals surface area contributed by atoms with Gasteiger partial charge in [0.2, 0.25) is 0 Å². The standard InChI is InChI=1S/C24H27N3O2S/c1-16(2)15-17-10-12-19(13-11-17)21(20-9-6-14-30-20)26-22(23(28)27-24(25)29)18-7-4-3-5-8-18/h3-14,16,21-22,26H,15H2,1-2H3,(H3,25,27,28,29)/p+1/t21-,22+/m1/s1. The zero-order valence-corrected chi connectivity index (χ0v) is 18.1. The molecule has 5 N–H and O–H groups in total. The zero-order valence-electron chi connectivity index (χ0n) is 17.2. The molecule has 0 bridgehead atoms. The summed E-state index contributed by atoms with van der Waals surface area (Å²) in [5.74, 6) is 0.169. The van der Waals surface area contributed by atoms with Gasteiger partial charge in [-0.05, 0) is 29.3 Å². The summed E-state index contributed by atoms with van der Waals surface area (Å²) < 4.78 is 0. The summed E-state index contributed by atoms with van der Waals surface area (Å²) >= 11 is 1.65. The van der Waals surface area contributed by atoms with Crippen LogP contribution in [0.15, 0.2) is 72.1 Å². The Morgan fingerprint density at radius 3 is 2.23 bits per heavy atom. The summed E-state index contributed by atoms with van der Waals surface area (Å²) in [5.41, 5.74) is 8.44. The highest BCUT2D eigenvalue weighted by Crippen LogP contribution is 2.25. The highest BCUT2D eigenvalue weighted by Gasteiger charge is 2.31. The fourth-order valence-corrected chi connectivity index (χ4v) is 4.41. The third-order valence-electron chi connectivity index (χ3n) is 4.90. The molecule has 156 valence electrons. The number of carbonyl (C=O) groups is 2. The number of thiophene rings is 1. The van der Waals surface area contributed by atoms with E-state index in [1.54, 1.807) is 11.3 Å². The molecule has 3 rings (SSSR count). The van der Waals surface area contributed by atoms with E-state index < -0.39 is 18.0 Å². The molecule has 3 aromatic rings. The Hall–Kier alpha value is -2.96. The molecular formula is C24H28N3O2S+. The minimum absolute atomic E-state index is 0.0815. The van der Waals surface area contributed by atoms with E-state index in [0.717, 1.165) is 22.4 Å². The third-order valence-corrected chi connectivity index (χ3v) is 5.86. The Balaban J connectivity index is 1.94. The van der Waals surface area contributed by atoms with Crippen LogP contribution in [0.4, 0.5) is 4.79 Å². The van der Waals surface area contributed by atoms with Gasteiger partial charge in [-0.3, -0.25) is 10.1 Å². The fraction of sp³-hybridized carbons (Fsp3) is 0.250. The molecule has 0 saturated carbocycles. The summed E-state index contributed by atoms with van der Waals surface area (Å²) in [6, 6.07) is 20.6. The Morgan fingerprint density at radius 1 is 0.967 bits per heavy atom. The maximum Gasteiger partial charge on any atom is 0.319 e. The molecule has 3 amide bonds. The van der Waals surface area contributed by atoms with Crippen LogP contribution in [0.2, 0.25) is 0 Å². The van der Waals surface area contributed by atoms with Crippen molar-refractivity contribution in [1.82, 2.24) is 5.32 Å². The van der Waals surface area contributed by atoms with Gasteiger partial charge < -0.3 is 11.1 Å². The molecule has 0 aliphatic rings. The number of benzene rings is 2. The Labute approximate surface area is 181 Å². The summed E-state index contributed by atoms with van der Waals surface area (Å²) in [6.45, 7) is 4.41. The first-order valence-electron chi connectivity index (χ1n) is 10.1. The van der Waals surface area contributed by atoms with Gasteiger partial charge >= 0.3 is 6.03 Å². The van der Waals surface area contributed by atoms with Crippen molar-refractivity contribution in [2.45, 2.75) is 32.4 Å². The van der Waals surface area contributed by atoms with E-state index >= 15 is 0 Å². The van der Waals surface area contributed by atoms with Crippen LogP contribution in [-0.4, -0.2) is 11.9 Å². The second kappa shape index (κ2) is 10.2. The van der Waals surface area contributed by atoms with Gasteiger partial charge in [0.05, 0.1) is 4.88 Å². The molecule has 6 heteroatoms. The van der Waals surface area contributed by atoms with Crippen molar-refractivity contribution in [2.24, 2.45) is 11.7 Å². The van der Waals surface area contributed by atoms with E-state index in [4.69, 9.17) is 5.73 Å². The zero-order chi connectivity index (χ0) is 21.5. The van der Waals surface area contributed by atoms with Crippen LogP contribution in [0, 0.1) is 5.92 Å². The average molecular weight is 423 g/mol. The number of carbonyl (C=O) groups excluding carboxylic acids is 2. The van der Waals surface area contributed by atoms with E-state index in [9.17, 15) is 9.59 Å². The number of imide groups is 1. The number of primary amides is 1. The molecule has 30 heavy (non-hydrogen) atoms. The van der Waals surface area contributed by atoms with Crippen molar-refractivity contribution in [3.05, 3.63) is 93.7 Å². The lowest BCUT2D eigenvalue weighted by atomic mass is 9.97. The normalized spacial score (nSPS) is 13.0. The second-order valence-corrected chi connectivity index (χ2v) is 8.75. The number of rotatable bonds is 8. The lowest BCUT2D eigenvalue weighted by Gasteiger charge is -2.22. The predicted octanol–water partition coefficient (Wildman–Crippen LogP) is 3.54. The van der Waals surface area contributed by atoms with Gasteiger partial charge in [-0.15, -0.1) is 11.3 Å². The molecule has 0 aliphatic heterocycles. The Morgan fingerprint density at radius 2 is 1.67 bits per heavy atom. The lowest BCUT2D eigenvalue weighted by molar-refractivity contribution is -0.713. The van der Waals surface area contributed by atoms with Crippen molar-refractivity contribution < 1.29 is 14.9 Å². The number of hydrogen-bond donors (Lipinski definition) is 3. The highest BCUT2D eigenvalue weighted by atomic mass is 32.1. The highest BCUT2D eigenvalue weighted by molar-refractivity contribution is 7.10. The molecule has 0 saturated heterocycles. The van der Waals surface area contributed by atoms with E-state index in [2.05, 4.69) is 49.5 Å². The number of quaternary nitrogens is 1. The van der Waals surface area contributed by atoms with Gasteiger partial charge in [0.1, 0.15) is 6.04 Å². The van der Waals surface area contributed by atoms with E-state index in [1.807, 2.05) is 47.1 Å². The van der Waals surface area contributed by atoms with Gasteiger partial charge in [-0.1, -0.05) is 74.5 Å². The lowest BCUT2D eigenvalue weighted by Crippen LogP contribution is -2.88. The molecule has 2 atom stereocenters. The SMILES string of the molecule is CC(C)Cc1ccc([C@@H]([NH2+][C@H](C(=O)NC(N)=O)c2ccccc2)c2cccs2)cc1. The van der Waals surface area contributed by atoms with Crippen molar-refractivity contribution in [1.29, 1.82) is 0 Å². The first kappa shape index (κ1) is 21.7.